The fraction of sp³-hybridized carbons (Fsp3) is 0.667. The van der Waals surface area contributed by atoms with Gasteiger partial charge in [-0.3, -0.25) is 0 Å². The summed E-state index contributed by atoms with van der Waals surface area (Å²) in [5, 5.41) is 1.46. The molecular formula is C36H56GeS3. The van der Waals surface area contributed by atoms with E-state index in [9.17, 15) is 0 Å². The molecule has 1 atom stereocenters. The van der Waals surface area contributed by atoms with Gasteiger partial charge in [0.15, 0.2) is 0 Å². The van der Waals surface area contributed by atoms with E-state index in [1.807, 2.05) is 8.79 Å². The maximum atomic E-state index is 2.74. The van der Waals surface area contributed by atoms with Crippen LogP contribution in [0, 0.1) is 5.92 Å². The maximum absolute atomic E-state index is 2.87. The van der Waals surface area contributed by atoms with Crippen LogP contribution in [0.5, 0.6) is 0 Å². The van der Waals surface area contributed by atoms with Gasteiger partial charge in [0.05, 0.1) is 0 Å². The Morgan fingerprint density at radius 3 is 1.73 bits per heavy atom. The molecule has 1 aliphatic rings. The Bertz CT molecular complexity index is 1170. The van der Waals surface area contributed by atoms with E-state index in [2.05, 4.69) is 121 Å². The second-order valence-electron chi connectivity index (χ2n) is 14.5. The second-order valence-corrected chi connectivity index (χ2v) is 26.6. The van der Waals surface area contributed by atoms with Crippen LogP contribution in [-0.2, 0) is 17.3 Å². The van der Waals surface area contributed by atoms with Crippen molar-refractivity contribution in [2.75, 3.05) is 0 Å². The van der Waals surface area contributed by atoms with E-state index < -0.39 is 13.3 Å². The molecule has 4 rings (SSSR count). The van der Waals surface area contributed by atoms with Crippen molar-refractivity contribution >= 4 is 59.8 Å². The van der Waals surface area contributed by atoms with Crippen molar-refractivity contribution in [3.05, 3.63) is 38.9 Å². The van der Waals surface area contributed by atoms with Gasteiger partial charge in [0, 0.05) is 0 Å². The molecule has 0 radical (unpaired) electrons. The predicted octanol–water partition coefficient (Wildman–Crippen LogP) is 11.0. The molecule has 0 spiro atoms. The third kappa shape index (κ3) is 6.89. The number of fused-ring (bicyclic) bond motifs is 3. The van der Waals surface area contributed by atoms with Gasteiger partial charge in [-0.25, -0.2) is 0 Å². The van der Waals surface area contributed by atoms with Gasteiger partial charge in [-0.2, -0.15) is 0 Å². The van der Waals surface area contributed by atoms with E-state index in [1.54, 1.807) is 28.1 Å². The minimum absolute atomic E-state index is 0.205. The van der Waals surface area contributed by atoms with Gasteiger partial charge in [0.25, 0.3) is 0 Å². The van der Waals surface area contributed by atoms with Crippen molar-refractivity contribution < 1.29 is 0 Å². The number of rotatable bonds is 14. The topological polar surface area (TPSA) is 0 Å². The van der Waals surface area contributed by atoms with Gasteiger partial charge in [0.1, 0.15) is 0 Å². The average molecular weight is 658 g/mol. The Kier molecular flexibility index (Phi) is 11.0. The molecule has 0 aliphatic carbocycles. The molecule has 0 nitrogen and oxygen atoms in total. The summed E-state index contributed by atoms with van der Waals surface area (Å²) in [6.07, 6.45) is 15.0. The summed E-state index contributed by atoms with van der Waals surface area (Å²) in [4.78, 5) is 8.16. The number of thiophene rings is 3. The fourth-order valence-electron chi connectivity index (χ4n) is 6.45. The summed E-state index contributed by atoms with van der Waals surface area (Å²) in [5.74, 6) is 0.854. The van der Waals surface area contributed by atoms with Gasteiger partial charge in [-0.05, 0) is 0 Å². The van der Waals surface area contributed by atoms with Gasteiger partial charge in [-0.1, -0.05) is 0 Å². The second kappa shape index (κ2) is 13.5. The van der Waals surface area contributed by atoms with E-state index in [0.717, 1.165) is 5.92 Å². The SMILES string of the molecule is CCCCCCC(CCCC)[CH2][Ge]1([c]2ccc(CCCC)s2)[c]2cc(C(C)(C)C)sc2-c2sc(C(C)(C)C)c[c]21. The van der Waals surface area contributed by atoms with E-state index >= 15 is 0 Å². The first-order chi connectivity index (χ1) is 19.0. The number of unbranched alkanes of at least 4 members (excludes halogenated alkanes) is 5. The Morgan fingerprint density at radius 1 is 0.650 bits per heavy atom. The third-order valence-electron chi connectivity index (χ3n) is 8.95. The van der Waals surface area contributed by atoms with Crippen molar-refractivity contribution in [3.8, 4) is 9.75 Å². The molecule has 0 fully saturated rings. The molecule has 4 heteroatoms. The van der Waals surface area contributed by atoms with Crippen molar-refractivity contribution in [1.29, 1.82) is 0 Å². The molecule has 0 amide bonds. The van der Waals surface area contributed by atoms with E-state index in [4.69, 9.17) is 0 Å². The monoisotopic (exact) mass is 658 g/mol. The van der Waals surface area contributed by atoms with Crippen molar-refractivity contribution in [2.24, 2.45) is 5.92 Å². The molecular weight excluding hydrogens is 601 g/mol. The molecule has 0 N–H and O–H groups in total. The van der Waals surface area contributed by atoms with Crippen molar-refractivity contribution in [2.45, 2.75) is 149 Å². The van der Waals surface area contributed by atoms with Crippen LogP contribution in [0.25, 0.3) is 9.75 Å². The number of hydrogen-bond donors (Lipinski definition) is 0. The quantitative estimate of drug-likeness (QED) is 0.120. The molecule has 0 aromatic carbocycles. The molecule has 0 bridgehead atoms. The standard InChI is InChI=1S/C36H56GeS3/c1-10-13-16-17-19-26(18-14-11-2)25-37(32-22-21-27(38-32)20-15-12-3)28-23-30(35(4,5)6)39-33(28)34-29(37)24-31(40-34)36(7,8)9/h21-24,26H,10-20,25H2,1-9H3. The summed E-state index contributed by atoms with van der Waals surface area (Å²) < 4.78 is 5.46. The van der Waals surface area contributed by atoms with Crippen LogP contribution in [0.2, 0.25) is 5.25 Å². The zero-order chi connectivity index (χ0) is 29.1. The van der Waals surface area contributed by atoms with Crippen LogP contribution in [0.4, 0.5) is 0 Å². The molecule has 3 aromatic heterocycles. The Balaban J connectivity index is 1.91. The summed E-state index contributed by atoms with van der Waals surface area (Å²) in [6, 6.07) is 10.6. The zero-order valence-electron chi connectivity index (χ0n) is 27.1. The Labute approximate surface area is 261 Å². The minimum atomic E-state index is -2.87. The van der Waals surface area contributed by atoms with Crippen molar-refractivity contribution in [3.63, 3.8) is 0 Å². The van der Waals surface area contributed by atoms with E-state index in [-0.39, 0.29) is 10.8 Å². The molecule has 0 saturated carbocycles. The predicted molar refractivity (Wildman–Crippen MR) is 189 cm³/mol. The summed E-state index contributed by atoms with van der Waals surface area (Å²) in [6.45, 7) is 21.6. The molecule has 3 aromatic rings. The first-order valence-electron chi connectivity index (χ1n) is 16.3. The Morgan fingerprint density at radius 2 is 1.20 bits per heavy atom. The molecule has 40 heavy (non-hydrogen) atoms. The summed E-state index contributed by atoms with van der Waals surface area (Å²) in [7, 11) is 0. The van der Waals surface area contributed by atoms with Gasteiger partial charge in [0.2, 0.25) is 0 Å². The van der Waals surface area contributed by atoms with Crippen LogP contribution in [0.1, 0.15) is 141 Å². The zero-order valence-corrected chi connectivity index (χ0v) is 31.6. The van der Waals surface area contributed by atoms with E-state index in [0.29, 0.717) is 0 Å². The first kappa shape index (κ1) is 32.6. The van der Waals surface area contributed by atoms with Crippen LogP contribution in [0.15, 0.2) is 24.3 Å². The summed E-state index contributed by atoms with van der Waals surface area (Å²) >= 11 is 3.64. The Hall–Kier alpha value is -0.357. The number of hydrogen-bond acceptors (Lipinski definition) is 3. The molecule has 4 heterocycles. The molecule has 0 saturated heterocycles. The number of aryl methyl sites for hydroxylation is 1. The third-order valence-corrected chi connectivity index (χ3v) is 26.5. The van der Waals surface area contributed by atoms with Gasteiger partial charge in [-0.15, -0.1) is 0 Å². The molecule has 222 valence electrons. The van der Waals surface area contributed by atoms with Crippen LogP contribution in [-0.4, -0.2) is 13.3 Å². The van der Waals surface area contributed by atoms with E-state index in [1.165, 1.54) is 75.9 Å². The van der Waals surface area contributed by atoms with Crippen molar-refractivity contribution in [1.82, 2.24) is 0 Å². The van der Waals surface area contributed by atoms with Crippen LogP contribution < -0.4 is 12.5 Å². The fourth-order valence-corrected chi connectivity index (χ4v) is 26.9. The van der Waals surface area contributed by atoms with Crippen LogP contribution in [0.3, 0.4) is 0 Å². The van der Waals surface area contributed by atoms with Gasteiger partial charge < -0.3 is 0 Å². The first-order valence-corrected chi connectivity index (χ1v) is 23.4. The molecule has 1 aliphatic heterocycles. The normalized spacial score (nSPS) is 15.4. The average Bonchev–Trinajstić information content (AvgIpc) is 3.66. The summed E-state index contributed by atoms with van der Waals surface area (Å²) in [5.41, 5.74) is 0.410. The van der Waals surface area contributed by atoms with Crippen LogP contribution >= 0.6 is 34.0 Å². The van der Waals surface area contributed by atoms with Gasteiger partial charge >= 0.3 is 263 Å². The molecule has 1 unspecified atom stereocenters.